The first kappa shape index (κ1) is 31.4. The second kappa shape index (κ2) is 12.3. The number of fused-ring (bicyclic) bond motifs is 4. The molecule has 2 aliphatic carbocycles. The SMILES string of the molecule is CC(C)CC1[C@@H](C)C/C=C/[C@H](O)[C@@H]2CC[C@H]2CN2C[C@@]3(CCCc4cc(Cl)ccc43)COc3ccc(cc32)C(=O)NS1(=O)=O. The summed E-state index contributed by atoms with van der Waals surface area (Å²) in [6, 6.07) is 11.4. The van der Waals surface area contributed by atoms with Crippen LogP contribution in [-0.2, 0) is 21.9 Å². The minimum Gasteiger partial charge on any atom is -0.490 e. The van der Waals surface area contributed by atoms with Gasteiger partial charge in [0.2, 0.25) is 10.0 Å². The van der Waals surface area contributed by atoms with Gasteiger partial charge in [0.1, 0.15) is 5.75 Å². The fourth-order valence-electron chi connectivity index (χ4n) is 7.93. The van der Waals surface area contributed by atoms with Crippen molar-refractivity contribution in [2.75, 3.05) is 24.6 Å². The molecule has 1 spiro atoms. The summed E-state index contributed by atoms with van der Waals surface area (Å²) in [6.07, 6.45) is 9.08. The van der Waals surface area contributed by atoms with Crippen LogP contribution in [0.3, 0.4) is 0 Å². The molecule has 2 aromatic rings. The van der Waals surface area contributed by atoms with E-state index in [9.17, 15) is 18.3 Å². The number of anilines is 1. The van der Waals surface area contributed by atoms with Crippen molar-refractivity contribution in [3.63, 3.8) is 0 Å². The van der Waals surface area contributed by atoms with E-state index in [1.165, 1.54) is 11.1 Å². The first-order valence-electron chi connectivity index (χ1n) is 16.2. The minimum absolute atomic E-state index is 0.122. The van der Waals surface area contributed by atoms with Crippen molar-refractivity contribution in [2.45, 2.75) is 82.5 Å². The van der Waals surface area contributed by atoms with E-state index in [-0.39, 0.29) is 29.1 Å². The van der Waals surface area contributed by atoms with E-state index < -0.39 is 27.3 Å². The van der Waals surface area contributed by atoms with Crippen LogP contribution < -0.4 is 14.4 Å². The van der Waals surface area contributed by atoms with Crippen LogP contribution in [0.4, 0.5) is 5.69 Å². The number of aliphatic hydroxyl groups is 1. The number of sulfonamides is 1. The standard InChI is InChI=1S/C35H45ClN2O5S/c1-22(2)16-33-23(3)6-4-8-31(39)28-12-9-26(28)19-38-20-35(15-5-7-24-17-27(36)11-13-29(24)35)21-43-32-14-10-25(18-30(32)38)34(40)37-44(33,41)42/h4,8,10-11,13-14,17-18,22-23,26,28,31,33,39H,5-7,9,12,15-16,19-21H2,1-3H3,(H,37,40)/b8-4+/t23-,26-,28+,31-,33?,35-/m0/s1. The van der Waals surface area contributed by atoms with Gasteiger partial charge in [0.05, 0.1) is 23.6 Å². The van der Waals surface area contributed by atoms with Crippen LogP contribution in [0.25, 0.3) is 0 Å². The fourth-order valence-corrected chi connectivity index (χ4v) is 10.0. The number of hydrogen-bond donors (Lipinski definition) is 2. The molecule has 2 bridgehead atoms. The molecule has 1 fully saturated rings. The summed E-state index contributed by atoms with van der Waals surface area (Å²) in [4.78, 5) is 15.9. The lowest BCUT2D eigenvalue weighted by Crippen LogP contribution is -2.49. The van der Waals surface area contributed by atoms with Crippen LogP contribution in [0.15, 0.2) is 48.6 Å². The van der Waals surface area contributed by atoms with Gasteiger partial charge >= 0.3 is 0 Å². The van der Waals surface area contributed by atoms with E-state index in [4.69, 9.17) is 16.3 Å². The summed E-state index contributed by atoms with van der Waals surface area (Å²) < 4.78 is 36.3. The van der Waals surface area contributed by atoms with Gasteiger partial charge in [-0.1, -0.05) is 50.6 Å². The number of benzene rings is 2. The molecule has 0 saturated heterocycles. The number of hydrogen-bond acceptors (Lipinski definition) is 6. The summed E-state index contributed by atoms with van der Waals surface area (Å²) in [7, 11) is -3.97. The van der Waals surface area contributed by atoms with Gasteiger partial charge in [-0.25, -0.2) is 13.1 Å². The summed E-state index contributed by atoms with van der Waals surface area (Å²) in [6.45, 7) is 7.81. The Morgan fingerprint density at radius 3 is 2.75 bits per heavy atom. The second-order valence-corrected chi connectivity index (χ2v) is 16.4. The third kappa shape index (κ3) is 6.14. The van der Waals surface area contributed by atoms with Gasteiger partial charge in [-0.15, -0.1) is 0 Å². The van der Waals surface area contributed by atoms with Gasteiger partial charge in [0.15, 0.2) is 0 Å². The Kier molecular flexibility index (Phi) is 8.81. The van der Waals surface area contributed by atoms with Gasteiger partial charge in [0.25, 0.3) is 5.91 Å². The van der Waals surface area contributed by atoms with Crippen molar-refractivity contribution < 1.29 is 23.1 Å². The molecule has 4 aliphatic rings. The quantitative estimate of drug-likeness (QED) is 0.376. The molecule has 6 rings (SSSR count). The molecule has 6 atom stereocenters. The van der Waals surface area contributed by atoms with Crippen molar-refractivity contribution in [3.8, 4) is 5.75 Å². The van der Waals surface area contributed by atoms with Crippen molar-refractivity contribution in [1.82, 2.24) is 4.72 Å². The number of aryl methyl sites for hydroxylation is 1. The average Bonchev–Trinajstić information content (AvgIpc) is 3.10. The van der Waals surface area contributed by atoms with Crippen molar-refractivity contribution >= 4 is 33.2 Å². The molecule has 1 unspecified atom stereocenters. The van der Waals surface area contributed by atoms with Crippen LogP contribution >= 0.6 is 11.6 Å². The van der Waals surface area contributed by atoms with Gasteiger partial charge in [-0.3, -0.25) is 4.79 Å². The smallest absolute Gasteiger partial charge is 0.264 e. The minimum atomic E-state index is -3.97. The van der Waals surface area contributed by atoms with Gasteiger partial charge in [0, 0.05) is 29.1 Å². The lowest BCUT2D eigenvalue weighted by Gasteiger charge is -2.45. The molecule has 2 aliphatic heterocycles. The van der Waals surface area contributed by atoms with Crippen molar-refractivity contribution in [2.24, 2.45) is 23.7 Å². The monoisotopic (exact) mass is 640 g/mol. The van der Waals surface area contributed by atoms with Crippen LogP contribution in [-0.4, -0.2) is 50.5 Å². The number of rotatable bonds is 2. The largest absolute Gasteiger partial charge is 0.490 e. The highest BCUT2D eigenvalue weighted by molar-refractivity contribution is 7.90. The lowest BCUT2D eigenvalue weighted by atomic mass is 9.68. The van der Waals surface area contributed by atoms with E-state index in [1.54, 1.807) is 12.1 Å². The topological polar surface area (TPSA) is 95.9 Å². The Morgan fingerprint density at radius 2 is 2.00 bits per heavy atom. The maximum absolute atomic E-state index is 13.7. The van der Waals surface area contributed by atoms with E-state index >= 15 is 0 Å². The highest BCUT2D eigenvalue weighted by atomic mass is 35.5. The van der Waals surface area contributed by atoms with Crippen molar-refractivity contribution in [3.05, 3.63) is 70.3 Å². The number of halogens is 1. The number of aliphatic hydroxyl groups excluding tert-OH is 1. The first-order valence-corrected chi connectivity index (χ1v) is 18.1. The van der Waals surface area contributed by atoms with Crippen molar-refractivity contribution in [1.29, 1.82) is 0 Å². The van der Waals surface area contributed by atoms with Crippen LogP contribution in [0.2, 0.25) is 5.02 Å². The maximum Gasteiger partial charge on any atom is 0.264 e. The van der Waals surface area contributed by atoms with Crippen LogP contribution in [0, 0.1) is 23.7 Å². The molecular weight excluding hydrogens is 596 g/mol. The Labute approximate surface area is 267 Å². The van der Waals surface area contributed by atoms with E-state index in [2.05, 4.69) is 21.8 Å². The Balaban J connectivity index is 1.42. The molecule has 2 N–H and O–H groups in total. The number of nitrogens with one attached hydrogen (secondary N) is 1. The summed E-state index contributed by atoms with van der Waals surface area (Å²) in [5.41, 5.74) is 3.34. The highest BCUT2D eigenvalue weighted by Crippen LogP contribution is 2.46. The molecular formula is C35H45ClN2O5S. The maximum atomic E-state index is 13.7. The van der Waals surface area contributed by atoms with Gasteiger partial charge in [-0.05, 0) is 110 Å². The number of allylic oxidation sites excluding steroid dienone is 1. The second-order valence-electron chi connectivity index (χ2n) is 14.1. The molecule has 9 heteroatoms. The molecule has 0 aromatic heterocycles. The average molecular weight is 641 g/mol. The fraction of sp³-hybridized carbons (Fsp3) is 0.571. The molecule has 1 saturated carbocycles. The molecule has 2 aromatic carbocycles. The molecule has 44 heavy (non-hydrogen) atoms. The third-order valence-corrected chi connectivity index (χ3v) is 12.6. The predicted molar refractivity (Wildman–Crippen MR) is 175 cm³/mol. The van der Waals surface area contributed by atoms with Crippen LogP contribution in [0.5, 0.6) is 5.75 Å². The van der Waals surface area contributed by atoms with Gasteiger partial charge in [-0.2, -0.15) is 0 Å². The highest BCUT2D eigenvalue weighted by Gasteiger charge is 2.44. The number of amides is 1. The Bertz CT molecular complexity index is 1540. The van der Waals surface area contributed by atoms with Gasteiger partial charge < -0.3 is 14.7 Å². The third-order valence-electron chi connectivity index (χ3n) is 10.5. The zero-order chi connectivity index (χ0) is 31.2. The molecule has 1 amide bonds. The number of carbonyl (C=O) groups excluding carboxylic acids is 1. The number of nitrogens with zero attached hydrogens (tertiary/aromatic N) is 1. The number of ether oxygens (including phenoxy) is 1. The molecule has 7 nitrogen and oxygen atoms in total. The molecule has 238 valence electrons. The van der Waals surface area contributed by atoms with E-state index in [1.807, 2.05) is 45.1 Å². The summed E-state index contributed by atoms with van der Waals surface area (Å²) in [5.74, 6) is 0.379. The summed E-state index contributed by atoms with van der Waals surface area (Å²) >= 11 is 6.40. The first-order chi connectivity index (χ1) is 21.0. The Morgan fingerprint density at radius 1 is 1.18 bits per heavy atom. The lowest BCUT2D eigenvalue weighted by molar-refractivity contribution is 0.0455. The zero-order valence-corrected chi connectivity index (χ0v) is 27.5. The van der Waals surface area contributed by atoms with E-state index in [0.29, 0.717) is 43.9 Å². The van der Waals surface area contributed by atoms with Crippen LogP contribution in [0.1, 0.15) is 80.8 Å². The number of carbonyl (C=O) groups is 1. The zero-order valence-electron chi connectivity index (χ0n) is 26.0. The normalized spacial score (nSPS) is 32.5. The summed E-state index contributed by atoms with van der Waals surface area (Å²) in [5, 5.41) is 11.2. The predicted octanol–water partition coefficient (Wildman–Crippen LogP) is 6.27. The Hall–Kier alpha value is -2.55. The molecule has 0 radical (unpaired) electrons. The molecule has 2 heterocycles. The van der Waals surface area contributed by atoms with E-state index in [0.717, 1.165) is 42.8 Å².